The zero-order chi connectivity index (χ0) is 29.9. The van der Waals surface area contributed by atoms with Gasteiger partial charge in [0, 0.05) is 18.4 Å². The van der Waals surface area contributed by atoms with Crippen LogP contribution in [0, 0.1) is 17.7 Å². The third-order valence-electron chi connectivity index (χ3n) is 7.52. The van der Waals surface area contributed by atoms with E-state index in [-0.39, 0.29) is 41.3 Å². The molecule has 0 spiro atoms. The number of benzene rings is 1. The molecule has 1 N–H and O–H groups in total. The largest absolute Gasteiger partial charge is 0.444 e. The highest BCUT2D eigenvalue weighted by atomic mass is 32.2. The second kappa shape index (κ2) is 10.7. The molecule has 3 unspecified atom stereocenters. The SMILES string of the molecule is CC(C)(C)OC(=O)N[C@H](c1nc2c(F)c(C(C3CC3)N3CC(C(F)(F)F)OS3=O)ccc2o1)C1CCC(F)(F)CC1. The summed E-state index contributed by atoms with van der Waals surface area (Å²) in [5.74, 6) is -4.55. The lowest BCUT2D eigenvalue weighted by atomic mass is 9.82. The molecule has 8 nitrogen and oxygen atoms in total. The standard InChI is InChI=1S/C26H31F6N3O5S/c1-24(2,3)39-23(36)34-19(13-8-10-25(28,29)11-9-13)22-33-20-16(38-22)7-6-15(18(20)27)21(14-4-5-14)35-12-17(26(30,31)32)40-41(35)37/h6-7,13-14,17,19,21H,4-5,8-12H2,1-3H3,(H,34,36)/t17?,19-,21?,41?/m0/s1. The van der Waals surface area contributed by atoms with Gasteiger partial charge in [0.25, 0.3) is 0 Å². The van der Waals surface area contributed by atoms with Crippen molar-refractivity contribution in [2.45, 2.75) is 95.2 Å². The van der Waals surface area contributed by atoms with Crippen LogP contribution in [0.2, 0.25) is 0 Å². The van der Waals surface area contributed by atoms with Gasteiger partial charge in [0.1, 0.15) is 17.2 Å². The third kappa shape index (κ3) is 6.66. The monoisotopic (exact) mass is 611 g/mol. The second-order valence-electron chi connectivity index (χ2n) is 11.9. The van der Waals surface area contributed by atoms with Gasteiger partial charge in [-0.2, -0.15) is 17.5 Å². The molecule has 15 heteroatoms. The molecule has 1 aliphatic heterocycles. The van der Waals surface area contributed by atoms with E-state index in [1.807, 2.05) is 0 Å². The summed E-state index contributed by atoms with van der Waals surface area (Å²) in [6.45, 7) is 4.26. The summed E-state index contributed by atoms with van der Waals surface area (Å²) in [5.41, 5.74) is -1.09. The summed E-state index contributed by atoms with van der Waals surface area (Å²) < 4.78 is 113. The number of aromatic nitrogens is 1. The van der Waals surface area contributed by atoms with E-state index in [4.69, 9.17) is 9.15 Å². The van der Waals surface area contributed by atoms with Gasteiger partial charge < -0.3 is 14.5 Å². The summed E-state index contributed by atoms with van der Waals surface area (Å²) >= 11 is -2.44. The number of alkyl carbamates (subject to hydrolysis) is 1. The fourth-order valence-corrected chi connectivity index (χ4v) is 6.61. The minimum absolute atomic E-state index is 0.000104. The van der Waals surface area contributed by atoms with Gasteiger partial charge in [0.2, 0.25) is 23.1 Å². The molecule has 3 fully saturated rings. The molecule has 3 aliphatic rings. The molecule has 41 heavy (non-hydrogen) atoms. The Kier molecular flexibility index (Phi) is 7.86. The van der Waals surface area contributed by atoms with Gasteiger partial charge in [-0.15, -0.1) is 0 Å². The van der Waals surface area contributed by atoms with Crippen LogP contribution in [-0.4, -0.2) is 49.9 Å². The van der Waals surface area contributed by atoms with E-state index in [0.717, 1.165) is 4.31 Å². The number of halogens is 6. The Balaban J connectivity index is 1.47. The van der Waals surface area contributed by atoms with Crippen molar-refractivity contribution >= 4 is 28.5 Å². The van der Waals surface area contributed by atoms with Crippen LogP contribution in [0.3, 0.4) is 0 Å². The number of carbonyl (C=O) groups is 1. The van der Waals surface area contributed by atoms with Crippen molar-refractivity contribution in [3.8, 4) is 0 Å². The molecule has 1 aromatic carbocycles. The van der Waals surface area contributed by atoms with Gasteiger partial charge in [0.15, 0.2) is 17.5 Å². The average Bonchev–Trinajstić information content (AvgIpc) is 3.45. The first-order chi connectivity index (χ1) is 19.0. The molecule has 2 aliphatic carbocycles. The summed E-state index contributed by atoms with van der Waals surface area (Å²) in [5, 5.41) is 2.65. The fourth-order valence-electron chi connectivity index (χ4n) is 5.40. The topological polar surface area (TPSA) is 93.9 Å². The van der Waals surface area contributed by atoms with Gasteiger partial charge in [0.05, 0.1) is 12.6 Å². The predicted octanol–water partition coefficient (Wildman–Crippen LogP) is 6.65. The van der Waals surface area contributed by atoms with Crippen LogP contribution in [0.4, 0.5) is 31.1 Å². The van der Waals surface area contributed by atoms with Crippen molar-refractivity contribution in [2.24, 2.45) is 11.8 Å². The molecule has 1 amide bonds. The molecule has 0 bridgehead atoms. The van der Waals surface area contributed by atoms with Crippen LogP contribution in [0.25, 0.3) is 11.1 Å². The molecular weight excluding hydrogens is 580 g/mol. The van der Waals surface area contributed by atoms with Crippen LogP contribution < -0.4 is 5.32 Å². The van der Waals surface area contributed by atoms with E-state index in [2.05, 4.69) is 14.5 Å². The summed E-state index contributed by atoms with van der Waals surface area (Å²) in [6.07, 6.45) is -7.34. The quantitative estimate of drug-likeness (QED) is 0.368. The summed E-state index contributed by atoms with van der Waals surface area (Å²) in [4.78, 5) is 16.9. The third-order valence-corrected chi connectivity index (χ3v) is 8.67. The number of oxazole rings is 1. The molecular formula is C26H31F6N3O5S. The summed E-state index contributed by atoms with van der Waals surface area (Å²) in [7, 11) is 0. The zero-order valence-corrected chi connectivity index (χ0v) is 23.4. The van der Waals surface area contributed by atoms with Crippen LogP contribution >= 0.6 is 0 Å². The lowest BCUT2D eigenvalue weighted by Gasteiger charge is -2.33. The van der Waals surface area contributed by atoms with Crippen LogP contribution in [0.5, 0.6) is 0 Å². The number of nitrogens with zero attached hydrogens (tertiary/aromatic N) is 2. The highest BCUT2D eigenvalue weighted by molar-refractivity contribution is 7.78. The van der Waals surface area contributed by atoms with Crippen molar-refractivity contribution in [3.05, 3.63) is 29.4 Å². The van der Waals surface area contributed by atoms with E-state index in [0.29, 0.717) is 12.8 Å². The van der Waals surface area contributed by atoms with E-state index in [1.54, 1.807) is 20.8 Å². The van der Waals surface area contributed by atoms with E-state index in [9.17, 15) is 31.0 Å². The molecule has 4 atom stereocenters. The van der Waals surface area contributed by atoms with E-state index < -0.39 is 84.4 Å². The highest BCUT2D eigenvalue weighted by Crippen LogP contribution is 2.49. The lowest BCUT2D eigenvalue weighted by Crippen LogP contribution is -2.40. The van der Waals surface area contributed by atoms with Crippen LogP contribution in [0.15, 0.2) is 16.5 Å². The van der Waals surface area contributed by atoms with E-state index in [1.165, 1.54) is 12.1 Å². The second-order valence-corrected chi connectivity index (χ2v) is 13.0. The van der Waals surface area contributed by atoms with E-state index >= 15 is 4.39 Å². The number of nitrogens with one attached hydrogen (secondary N) is 1. The maximum absolute atomic E-state index is 16.0. The number of amides is 1. The van der Waals surface area contributed by atoms with Crippen LogP contribution in [0.1, 0.15) is 82.8 Å². The van der Waals surface area contributed by atoms with Gasteiger partial charge in [-0.05, 0) is 64.4 Å². The number of carbonyl (C=O) groups excluding carboxylic acids is 1. The number of hydrogen-bond donors (Lipinski definition) is 1. The Morgan fingerprint density at radius 1 is 1.15 bits per heavy atom. The van der Waals surface area contributed by atoms with Crippen molar-refractivity contribution in [1.82, 2.24) is 14.6 Å². The van der Waals surface area contributed by atoms with Crippen LogP contribution in [-0.2, 0) is 20.2 Å². The Labute approximate surface area is 234 Å². The molecule has 2 aromatic rings. The first-order valence-electron chi connectivity index (χ1n) is 13.4. The zero-order valence-electron chi connectivity index (χ0n) is 22.6. The Morgan fingerprint density at radius 3 is 2.37 bits per heavy atom. The smallest absolute Gasteiger partial charge is 0.417 e. The number of fused-ring (bicyclic) bond motifs is 1. The first-order valence-corrected chi connectivity index (χ1v) is 14.4. The Bertz CT molecular complexity index is 1320. The van der Waals surface area contributed by atoms with Crippen molar-refractivity contribution < 1.29 is 48.7 Å². The molecule has 1 aromatic heterocycles. The molecule has 1 saturated heterocycles. The van der Waals surface area contributed by atoms with Crippen molar-refractivity contribution in [3.63, 3.8) is 0 Å². The Hall–Kier alpha value is -2.39. The summed E-state index contributed by atoms with van der Waals surface area (Å²) in [6, 6.07) is 0.803. The van der Waals surface area contributed by atoms with Gasteiger partial charge >= 0.3 is 12.3 Å². The van der Waals surface area contributed by atoms with Gasteiger partial charge in [-0.25, -0.2) is 27.2 Å². The molecule has 2 saturated carbocycles. The average molecular weight is 612 g/mol. The normalized spacial score (nSPS) is 25.8. The maximum atomic E-state index is 16.0. The van der Waals surface area contributed by atoms with Gasteiger partial charge in [-0.1, -0.05) is 6.07 Å². The molecule has 0 radical (unpaired) electrons. The number of rotatable bonds is 6. The molecule has 2 heterocycles. The minimum Gasteiger partial charge on any atom is -0.444 e. The Morgan fingerprint density at radius 2 is 1.80 bits per heavy atom. The maximum Gasteiger partial charge on any atom is 0.417 e. The molecule has 5 rings (SSSR count). The van der Waals surface area contributed by atoms with Gasteiger partial charge in [-0.3, -0.25) is 4.18 Å². The first kappa shape index (κ1) is 30.1. The molecule has 228 valence electrons. The number of alkyl halides is 5. The van der Waals surface area contributed by atoms with Crippen molar-refractivity contribution in [2.75, 3.05) is 6.54 Å². The number of hydrogen-bond acceptors (Lipinski definition) is 6. The number of ether oxygens (including phenoxy) is 1. The fraction of sp³-hybridized carbons (Fsp3) is 0.692. The minimum atomic E-state index is -4.73. The lowest BCUT2D eigenvalue weighted by molar-refractivity contribution is -0.187. The van der Waals surface area contributed by atoms with Crippen molar-refractivity contribution in [1.29, 1.82) is 0 Å². The highest BCUT2D eigenvalue weighted by Gasteiger charge is 2.53. The predicted molar refractivity (Wildman–Crippen MR) is 134 cm³/mol.